The highest BCUT2D eigenvalue weighted by Crippen LogP contribution is 2.30. The molecule has 1 atom stereocenters. The molecule has 0 saturated carbocycles. The average Bonchev–Trinajstić information content (AvgIpc) is 2.73. The van der Waals surface area contributed by atoms with Gasteiger partial charge in [0.1, 0.15) is 5.37 Å². The third-order valence-corrected chi connectivity index (χ3v) is 7.68. The second kappa shape index (κ2) is 7.33. The minimum atomic E-state index is -3.79. The Kier molecular flexibility index (Phi) is 4.98. The molecule has 1 unspecified atom stereocenters. The molecule has 1 saturated heterocycles. The molecular weight excluding hydrogens is 388 g/mol. The largest absolute Gasteiger partial charge is 0.304 e. The van der Waals surface area contributed by atoms with E-state index in [1.54, 1.807) is 24.3 Å². The van der Waals surface area contributed by atoms with E-state index in [1.165, 1.54) is 24.3 Å². The predicted molar refractivity (Wildman–Crippen MR) is 110 cm³/mol. The van der Waals surface area contributed by atoms with Crippen molar-refractivity contribution in [2.45, 2.75) is 10.3 Å². The van der Waals surface area contributed by atoms with E-state index in [2.05, 4.69) is 11.5 Å². The number of carbonyl (C=O) groups excluding carboxylic acids is 2. The maximum Gasteiger partial charge on any atom is 0.198 e. The number of hydrogen-bond acceptors (Lipinski definition) is 6. The van der Waals surface area contributed by atoms with E-state index in [9.17, 15) is 18.0 Å². The Labute approximate surface area is 170 Å². The quantitative estimate of drug-likeness (QED) is 0.613. The van der Waals surface area contributed by atoms with Gasteiger partial charge in [-0.25, -0.2) is 8.42 Å². The van der Waals surface area contributed by atoms with Gasteiger partial charge in [-0.1, -0.05) is 30.3 Å². The predicted octanol–water partition coefficient (Wildman–Crippen LogP) is 2.00. The third kappa shape index (κ3) is 3.25. The molecule has 0 N–H and O–H groups in total. The molecule has 6 nitrogen and oxygen atoms in total. The van der Waals surface area contributed by atoms with Crippen molar-refractivity contribution >= 4 is 21.4 Å². The first-order chi connectivity index (χ1) is 13.8. The highest BCUT2D eigenvalue weighted by atomic mass is 32.2. The van der Waals surface area contributed by atoms with Crippen LogP contribution in [-0.2, 0) is 9.84 Å². The zero-order valence-corrected chi connectivity index (χ0v) is 17.0. The first-order valence-corrected chi connectivity index (χ1v) is 11.0. The second-order valence-electron chi connectivity index (χ2n) is 7.42. The highest BCUT2D eigenvalue weighted by molar-refractivity contribution is 7.92. The number of ketones is 2. The van der Waals surface area contributed by atoms with E-state index in [4.69, 9.17) is 0 Å². The molecule has 1 aliphatic heterocycles. The van der Waals surface area contributed by atoms with Gasteiger partial charge in [0.05, 0.1) is 4.90 Å². The summed E-state index contributed by atoms with van der Waals surface area (Å²) < 4.78 is 26.7. The summed E-state index contributed by atoms with van der Waals surface area (Å²) in [6, 6.07) is 10.8. The van der Waals surface area contributed by atoms with Crippen molar-refractivity contribution in [1.29, 1.82) is 0 Å². The zero-order valence-electron chi connectivity index (χ0n) is 16.2. The van der Waals surface area contributed by atoms with Gasteiger partial charge in [-0.15, -0.1) is 6.58 Å². The van der Waals surface area contributed by atoms with Gasteiger partial charge in [-0.05, 0) is 25.2 Å². The van der Waals surface area contributed by atoms with Crippen molar-refractivity contribution in [2.24, 2.45) is 0 Å². The molecule has 150 valence electrons. The monoisotopic (exact) mass is 410 g/mol. The number of likely N-dealkylation sites (N-methyl/N-ethyl adjacent to an activating group) is 1. The molecular formula is C22H22N2O4S. The van der Waals surface area contributed by atoms with Crippen molar-refractivity contribution in [2.75, 3.05) is 33.2 Å². The van der Waals surface area contributed by atoms with Crippen LogP contribution < -0.4 is 0 Å². The maximum absolute atomic E-state index is 13.3. The first-order valence-electron chi connectivity index (χ1n) is 9.46. The van der Waals surface area contributed by atoms with E-state index in [-0.39, 0.29) is 27.6 Å². The molecule has 2 aromatic rings. The number of rotatable bonds is 4. The summed E-state index contributed by atoms with van der Waals surface area (Å²) in [5.41, 5.74) is 1.03. The molecule has 1 aliphatic carbocycles. The summed E-state index contributed by atoms with van der Waals surface area (Å²) in [5.74, 6) is -0.597. The molecule has 0 radical (unpaired) electrons. The van der Waals surface area contributed by atoms with Crippen LogP contribution in [0.15, 0.2) is 60.0 Å². The molecule has 0 amide bonds. The minimum absolute atomic E-state index is 0.0283. The molecule has 1 heterocycles. The van der Waals surface area contributed by atoms with Gasteiger partial charge in [0, 0.05) is 48.4 Å². The number of fused-ring (bicyclic) bond motifs is 2. The lowest BCUT2D eigenvalue weighted by Crippen LogP contribution is -2.50. The fourth-order valence-corrected chi connectivity index (χ4v) is 5.62. The maximum atomic E-state index is 13.3. The summed E-state index contributed by atoms with van der Waals surface area (Å²) in [6.45, 7) is 6.51. The minimum Gasteiger partial charge on any atom is -0.304 e. The molecule has 1 fully saturated rings. The lowest BCUT2D eigenvalue weighted by atomic mass is 9.84. The van der Waals surface area contributed by atoms with Crippen LogP contribution in [0.1, 0.15) is 31.8 Å². The normalized spacial score (nSPS) is 18.8. The van der Waals surface area contributed by atoms with Crippen molar-refractivity contribution in [1.82, 2.24) is 9.80 Å². The Morgan fingerprint density at radius 3 is 2.03 bits per heavy atom. The molecule has 29 heavy (non-hydrogen) atoms. The lowest BCUT2D eigenvalue weighted by Gasteiger charge is -2.36. The van der Waals surface area contributed by atoms with Gasteiger partial charge in [0.2, 0.25) is 0 Å². The first kappa shape index (κ1) is 19.7. The lowest BCUT2D eigenvalue weighted by molar-refractivity contribution is 0.0979. The number of piperazine rings is 1. The van der Waals surface area contributed by atoms with E-state index in [0.717, 1.165) is 13.1 Å². The number of nitrogens with zero attached hydrogens (tertiary/aromatic N) is 2. The van der Waals surface area contributed by atoms with Gasteiger partial charge >= 0.3 is 0 Å². The number of hydrogen-bond donors (Lipinski definition) is 0. The Morgan fingerprint density at radius 2 is 1.45 bits per heavy atom. The van der Waals surface area contributed by atoms with Crippen molar-refractivity contribution < 1.29 is 18.0 Å². The number of carbonyl (C=O) groups is 2. The van der Waals surface area contributed by atoms with Crippen LogP contribution in [-0.4, -0.2) is 68.4 Å². The Bertz CT molecular complexity index is 1120. The smallest absolute Gasteiger partial charge is 0.198 e. The van der Waals surface area contributed by atoms with Crippen LogP contribution in [0.5, 0.6) is 0 Å². The van der Waals surface area contributed by atoms with Gasteiger partial charge in [-0.3, -0.25) is 14.5 Å². The molecule has 0 aromatic heterocycles. The van der Waals surface area contributed by atoms with Crippen LogP contribution in [0.2, 0.25) is 0 Å². The molecule has 2 aliphatic rings. The van der Waals surface area contributed by atoms with Crippen LogP contribution in [0, 0.1) is 0 Å². The van der Waals surface area contributed by atoms with E-state index in [1.807, 2.05) is 11.9 Å². The average molecular weight is 410 g/mol. The van der Waals surface area contributed by atoms with Crippen LogP contribution in [0.4, 0.5) is 0 Å². The van der Waals surface area contributed by atoms with E-state index in [0.29, 0.717) is 24.2 Å². The zero-order chi connectivity index (χ0) is 20.8. The van der Waals surface area contributed by atoms with Crippen LogP contribution in [0.3, 0.4) is 0 Å². The van der Waals surface area contributed by atoms with E-state index >= 15 is 0 Å². The fourth-order valence-electron chi connectivity index (χ4n) is 3.94. The molecule has 0 bridgehead atoms. The summed E-state index contributed by atoms with van der Waals surface area (Å²) in [4.78, 5) is 29.7. The summed E-state index contributed by atoms with van der Waals surface area (Å²) in [6.07, 6.45) is 1.43. The number of sulfone groups is 1. The standard InChI is InChI=1S/C22H22N2O4S/c1-3-20(24-12-10-23(2)11-13-24)29(27,28)15-8-9-18-19(14-15)22(26)17-7-5-4-6-16(17)21(18)25/h3-9,14,20H,1,10-13H2,2H3. The van der Waals surface area contributed by atoms with Gasteiger partial charge in [0.15, 0.2) is 21.4 Å². The highest BCUT2D eigenvalue weighted by Gasteiger charge is 2.35. The molecule has 4 rings (SSSR count). The third-order valence-electron chi connectivity index (χ3n) is 5.64. The van der Waals surface area contributed by atoms with Crippen LogP contribution >= 0.6 is 0 Å². The van der Waals surface area contributed by atoms with Crippen molar-refractivity contribution in [3.63, 3.8) is 0 Å². The summed E-state index contributed by atoms with van der Waals surface area (Å²) in [7, 11) is -1.80. The summed E-state index contributed by atoms with van der Waals surface area (Å²) >= 11 is 0. The van der Waals surface area contributed by atoms with Gasteiger partial charge in [0.25, 0.3) is 0 Å². The Balaban J connectivity index is 1.74. The number of benzene rings is 2. The molecule has 0 spiro atoms. The van der Waals surface area contributed by atoms with E-state index < -0.39 is 15.2 Å². The fraction of sp³-hybridized carbons (Fsp3) is 0.273. The SMILES string of the molecule is C=CC(N1CCN(C)CC1)S(=O)(=O)c1ccc2c(c1)C(=O)c1ccccc1C2=O. The van der Waals surface area contributed by atoms with Crippen molar-refractivity contribution in [3.8, 4) is 0 Å². The summed E-state index contributed by atoms with van der Waals surface area (Å²) in [5, 5.41) is -0.879. The Morgan fingerprint density at radius 1 is 0.897 bits per heavy atom. The van der Waals surface area contributed by atoms with Crippen LogP contribution in [0.25, 0.3) is 0 Å². The topological polar surface area (TPSA) is 74.8 Å². The van der Waals surface area contributed by atoms with Crippen molar-refractivity contribution in [3.05, 3.63) is 77.4 Å². The van der Waals surface area contributed by atoms with Gasteiger partial charge < -0.3 is 4.90 Å². The second-order valence-corrected chi connectivity index (χ2v) is 9.47. The Hall–Kier alpha value is -2.61. The molecule has 2 aromatic carbocycles. The van der Waals surface area contributed by atoms with Gasteiger partial charge in [-0.2, -0.15) is 0 Å². The molecule has 7 heteroatoms.